The van der Waals surface area contributed by atoms with Gasteiger partial charge in [0.25, 0.3) is 5.91 Å². The van der Waals surface area contributed by atoms with E-state index in [9.17, 15) is 27.2 Å². The number of carbonyl (C=O) groups excluding carboxylic acids is 2. The quantitative estimate of drug-likeness (QED) is 0.116. The van der Waals surface area contributed by atoms with Gasteiger partial charge in [0, 0.05) is 27.9 Å². The van der Waals surface area contributed by atoms with Gasteiger partial charge in [0.2, 0.25) is 0 Å². The van der Waals surface area contributed by atoms with E-state index in [0.29, 0.717) is 34.1 Å². The largest absolute Gasteiger partial charge is 0.573 e. The Hall–Kier alpha value is -5.72. The molecule has 0 spiro atoms. The zero-order valence-electron chi connectivity index (χ0n) is 25.4. The molecule has 47 heavy (non-hydrogen) atoms. The average molecular weight is 649 g/mol. The number of benzene rings is 4. The molecular formula is C34H28F4N4O5. The Morgan fingerprint density at radius 1 is 0.915 bits per heavy atom. The SMILES string of the molecule is COc1ccccc1-c1cc(C(=O)N(CC(=O)OC(C)C)c2ccc(-c3ncn(-c4ccc(OC(F)(F)F)cc4)n3)cc2)ccc1F. The lowest BCUT2D eigenvalue weighted by Crippen LogP contribution is -2.37. The van der Waals surface area contributed by atoms with Gasteiger partial charge in [-0.1, -0.05) is 18.2 Å². The van der Waals surface area contributed by atoms with Crippen molar-refractivity contribution >= 4 is 17.6 Å². The van der Waals surface area contributed by atoms with Gasteiger partial charge in [-0.3, -0.25) is 14.5 Å². The first kappa shape index (κ1) is 32.7. The molecule has 13 heteroatoms. The third-order valence-electron chi connectivity index (χ3n) is 6.77. The highest BCUT2D eigenvalue weighted by Crippen LogP contribution is 2.33. The minimum absolute atomic E-state index is 0.126. The molecule has 0 saturated heterocycles. The lowest BCUT2D eigenvalue weighted by molar-refractivity contribution is -0.274. The summed E-state index contributed by atoms with van der Waals surface area (Å²) in [7, 11) is 1.46. The third kappa shape index (κ3) is 7.93. The van der Waals surface area contributed by atoms with Crippen molar-refractivity contribution < 1.29 is 41.4 Å². The van der Waals surface area contributed by atoms with E-state index in [4.69, 9.17) is 9.47 Å². The molecule has 0 saturated carbocycles. The van der Waals surface area contributed by atoms with E-state index in [-0.39, 0.29) is 16.9 Å². The van der Waals surface area contributed by atoms with Crippen LogP contribution in [0.5, 0.6) is 11.5 Å². The first-order valence-electron chi connectivity index (χ1n) is 14.2. The number of hydrogen-bond acceptors (Lipinski definition) is 7. The zero-order chi connectivity index (χ0) is 33.7. The van der Waals surface area contributed by atoms with Crippen molar-refractivity contribution in [1.29, 1.82) is 0 Å². The Labute approximate surface area is 266 Å². The highest BCUT2D eigenvalue weighted by atomic mass is 19.4. The monoisotopic (exact) mass is 648 g/mol. The topological polar surface area (TPSA) is 95.8 Å². The van der Waals surface area contributed by atoms with Crippen LogP contribution in [-0.2, 0) is 9.53 Å². The highest BCUT2D eigenvalue weighted by Gasteiger charge is 2.31. The van der Waals surface area contributed by atoms with Crippen molar-refractivity contribution in [3.8, 4) is 39.7 Å². The van der Waals surface area contributed by atoms with E-state index in [0.717, 1.165) is 12.1 Å². The van der Waals surface area contributed by atoms with Gasteiger partial charge in [-0.15, -0.1) is 18.3 Å². The van der Waals surface area contributed by atoms with E-state index in [1.807, 2.05) is 0 Å². The number of anilines is 1. The number of alkyl halides is 3. The Bertz CT molecular complexity index is 1870. The van der Waals surface area contributed by atoms with Crippen LogP contribution in [0.15, 0.2) is 97.3 Å². The molecule has 242 valence electrons. The smallest absolute Gasteiger partial charge is 0.496 e. The number of carbonyl (C=O) groups is 2. The van der Waals surface area contributed by atoms with Crippen molar-refractivity contribution in [2.75, 3.05) is 18.6 Å². The number of hydrogen-bond donors (Lipinski definition) is 0. The van der Waals surface area contributed by atoms with Gasteiger partial charge in [-0.2, -0.15) is 0 Å². The van der Waals surface area contributed by atoms with Crippen molar-refractivity contribution in [3.63, 3.8) is 0 Å². The molecule has 1 heterocycles. The van der Waals surface area contributed by atoms with Crippen molar-refractivity contribution in [2.45, 2.75) is 26.3 Å². The normalized spacial score (nSPS) is 11.3. The number of nitrogens with zero attached hydrogens (tertiary/aromatic N) is 4. The number of aromatic nitrogens is 3. The fraction of sp³-hybridized carbons (Fsp3) is 0.176. The van der Waals surface area contributed by atoms with Crippen molar-refractivity contribution in [2.24, 2.45) is 0 Å². The second-order valence-electron chi connectivity index (χ2n) is 10.4. The molecule has 0 unspecified atom stereocenters. The maximum absolute atomic E-state index is 15.0. The molecule has 0 aliphatic rings. The number of methoxy groups -OCH3 is 1. The summed E-state index contributed by atoms with van der Waals surface area (Å²) in [6.45, 7) is 2.96. The van der Waals surface area contributed by atoms with Gasteiger partial charge in [-0.25, -0.2) is 14.1 Å². The Morgan fingerprint density at radius 3 is 2.28 bits per heavy atom. The fourth-order valence-electron chi connectivity index (χ4n) is 4.71. The second-order valence-corrected chi connectivity index (χ2v) is 10.4. The molecule has 0 atom stereocenters. The first-order chi connectivity index (χ1) is 22.4. The first-order valence-corrected chi connectivity index (χ1v) is 14.2. The summed E-state index contributed by atoms with van der Waals surface area (Å²) in [5.41, 5.74) is 2.08. The summed E-state index contributed by atoms with van der Waals surface area (Å²) in [6, 6.07) is 22.4. The molecule has 5 rings (SSSR count). The molecular weight excluding hydrogens is 620 g/mol. The Balaban J connectivity index is 1.42. The summed E-state index contributed by atoms with van der Waals surface area (Å²) in [5, 5.41) is 4.40. The van der Waals surface area contributed by atoms with Gasteiger partial charge in [0.05, 0.1) is 18.9 Å². The lowest BCUT2D eigenvalue weighted by atomic mass is 10.0. The maximum atomic E-state index is 15.0. The standard InChI is InChI=1S/C34H28F4N4O5/c1-21(2)46-31(43)19-41(33(44)23-10-17-29(35)28(18-23)27-6-4-5-7-30(27)45-3)24-11-8-22(9-12-24)32-39-20-42(40-32)25-13-15-26(16-14-25)47-34(36,37)38/h4-18,20-21H,19H2,1-3H3. The van der Waals surface area contributed by atoms with Crippen LogP contribution >= 0.6 is 0 Å². The third-order valence-corrected chi connectivity index (χ3v) is 6.77. The van der Waals surface area contributed by atoms with Crippen LogP contribution in [-0.4, -0.2) is 52.8 Å². The molecule has 0 aliphatic heterocycles. The summed E-state index contributed by atoms with van der Waals surface area (Å²) < 4.78 is 68.4. The minimum Gasteiger partial charge on any atom is -0.496 e. The van der Waals surface area contributed by atoms with E-state index >= 15 is 0 Å². The Morgan fingerprint density at radius 2 is 1.62 bits per heavy atom. The van der Waals surface area contributed by atoms with Crippen LogP contribution in [0.25, 0.3) is 28.2 Å². The molecule has 0 aliphatic carbocycles. The number of amides is 1. The van der Waals surface area contributed by atoms with Crippen molar-refractivity contribution in [1.82, 2.24) is 14.8 Å². The van der Waals surface area contributed by atoms with Crippen LogP contribution in [0.4, 0.5) is 23.2 Å². The number of esters is 1. The number of halogens is 4. The van der Waals surface area contributed by atoms with Crippen LogP contribution in [0, 0.1) is 5.82 Å². The van der Waals surface area contributed by atoms with E-state index in [1.165, 1.54) is 53.4 Å². The van der Waals surface area contributed by atoms with Gasteiger partial charge < -0.3 is 14.2 Å². The summed E-state index contributed by atoms with van der Waals surface area (Å²) in [5.74, 6) is -1.42. The molecule has 0 N–H and O–H groups in total. The van der Waals surface area contributed by atoms with Crippen LogP contribution in [0.3, 0.4) is 0 Å². The van der Waals surface area contributed by atoms with Gasteiger partial charge >= 0.3 is 12.3 Å². The molecule has 0 radical (unpaired) electrons. The molecule has 0 fully saturated rings. The fourth-order valence-corrected chi connectivity index (χ4v) is 4.71. The van der Waals surface area contributed by atoms with Crippen molar-refractivity contribution in [3.05, 3.63) is 109 Å². The number of rotatable bonds is 10. The van der Waals surface area contributed by atoms with Gasteiger partial charge in [-0.05, 0) is 86.6 Å². The molecule has 5 aromatic rings. The predicted octanol–water partition coefficient (Wildman–Crippen LogP) is 7.25. The molecule has 4 aromatic carbocycles. The van der Waals surface area contributed by atoms with Crippen LogP contribution in [0.1, 0.15) is 24.2 Å². The zero-order valence-corrected chi connectivity index (χ0v) is 25.4. The predicted molar refractivity (Wildman–Crippen MR) is 165 cm³/mol. The second kappa shape index (κ2) is 13.7. The summed E-state index contributed by atoms with van der Waals surface area (Å²) in [4.78, 5) is 32.1. The number of ether oxygens (including phenoxy) is 3. The van der Waals surface area contributed by atoms with E-state index in [2.05, 4.69) is 14.8 Å². The molecule has 1 aromatic heterocycles. The van der Waals surface area contributed by atoms with Gasteiger partial charge in [0.1, 0.15) is 30.2 Å². The molecule has 0 bridgehead atoms. The average Bonchev–Trinajstić information content (AvgIpc) is 3.53. The minimum atomic E-state index is -4.80. The Kier molecular flexibility index (Phi) is 9.54. The summed E-state index contributed by atoms with van der Waals surface area (Å²) in [6.07, 6.45) is -3.82. The lowest BCUT2D eigenvalue weighted by Gasteiger charge is -2.23. The summed E-state index contributed by atoms with van der Waals surface area (Å²) >= 11 is 0. The molecule has 9 nitrogen and oxygen atoms in total. The maximum Gasteiger partial charge on any atom is 0.573 e. The van der Waals surface area contributed by atoms with Crippen LogP contribution < -0.4 is 14.4 Å². The number of para-hydroxylation sites is 1. The van der Waals surface area contributed by atoms with E-state index in [1.54, 1.807) is 62.4 Å². The van der Waals surface area contributed by atoms with Gasteiger partial charge in [0.15, 0.2) is 5.82 Å². The van der Waals surface area contributed by atoms with E-state index < -0.39 is 36.7 Å². The molecule has 1 amide bonds. The highest BCUT2D eigenvalue weighted by molar-refractivity contribution is 6.09. The van der Waals surface area contributed by atoms with Crippen LogP contribution in [0.2, 0.25) is 0 Å².